The first-order valence-electron chi connectivity index (χ1n) is 4.99. The van der Waals surface area contributed by atoms with E-state index >= 15 is 0 Å². The lowest BCUT2D eigenvalue weighted by Crippen LogP contribution is -2.11. The SMILES string of the molecule is CCn1ncnc1CC(C)CC(C)=O. The molecule has 0 amide bonds. The molecule has 1 atom stereocenters. The summed E-state index contributed by atoms with van der Waals surface area (Å²) >= 11 is 0. The Bertz CT molecular complexity index is 306. The van der Waals surface area contributed by atoms with Crippen LogP contribution in [-0.2, 0) is 17.8 Å². The maximum absolute atomic E-state index is 10.9. The number of Topliss-reactive ketones (excluding diaryl/α,β-unsaturated/α-hetero) is 1. The second-order valence-electron chi connectivity index (χ2n) is 3.71. The van der Waals surface area contributed by atoms with E-state index < -0.39 is 0 Å². The van der Waals surface area contributed by atoms with Gasteiger partial charge in [-0.1, -0.05) is 6.92 Å². The maximum atomic E-state index is 10.9. The van der Waals surface area contributed by atoms with Gasteiger partial charge in [0, 0.05) is 19.4 Å². The van der Waals surface area contributed by atoms with Crippen LogP contribution in [0.4, 0.5) is 0 Å². The highest BCUT2D eigenvalue weighted by atomic mass is 16.1. The van der Waals surface area contributed by atoms with Gasteiger partial charge in [0.05, 0.1) is 0 Å². The molecular formula is C10H17N3O. The van der Waals surface area contributed by atoms with Crippen LogP contribution >= 0.6 is 0 Å². The normalized spacial score (nSPS) is 12.8. The monoisotopic (exact) mass is 195 g/mol. The van der Waals surface area contributed by atoms with Crippen molar-refractivity contribution in [2.75, 3.05) is 0 Å². The van der Waals surface area contributed by atoms with Gasteiger partial charge in [-0.15, -0.1) is 0 Å². The molecule has 0 aromatic carbocycles. The van der Waals surface area contributed by atoms with Crippen LogP contribution in [0.5, 0.6) is 0 Å². The van der Waals surface area contributed by atoms with Crippen molar-refractivity contribution in [2.45, 2.75) is 40.2 Å². The molecule has 1 aromatic heterocycles. The first kappa shape index (κ1) is 10.9. The molecule has 0 saturated carbocycles. The number of hydrogen-bond acceptors (Lipinski definition) is 3. The first-order valence-corrected chi connectivity index (χ1v) is 4.99. The lowest BCUT2D eigenvalue weighted by Gasteiger charge is -2.08. The number of carbonyl (C=O) groups is 1. The lowest BCUT2D eigenvalue weighted by molar-refractivity contribution is -0.117. The number of aryl methyl sites for hydroxylation is 1. The van der Waals surface area contributed by atoms with Crippen LogP contribution in [0.25, 0.3) is 0 Å². The van der Waals surface area contributed by atoms with Crippen molar-refractivity contribution in [3.63, 3.8) is 0 Å². The minimum absolute atomic E-state index is 0.236. The van der Waals surface area contributed by atoms with Gasteiger partial charge < -0.3 is 4.79 Å². The standard InChI is InChI=1S/C10H17N3O/c1-4-13-10(11-7-12-13)6-8(2)5-9(3)14/h7-8H,4-6H2,1-3H3. The van der Waals surface area contributed by atoms with Gasteiger partial charge in [0.1, 0.15) is 17.9 Å². The third-order valence-electron chi connectivity index (χ3n) is 2.16. The minimum Gasteiger partial charge on any atom is -0.300 e. The number of ketones is 1. The second-order valence-corrected chi connectivity index (χ2v) is 3.71. The zero-order valence-corrected chi connectivity index (χ0v) is 9.03. The van der Waals surface area contributed by atoms with Crippen molar-refractivity contribution in [1.29, 1.82) is 0 Å². The van der Waals surface area contributed by atoms with Crippen LogP contribution in [0.3, 0.4) is 0 Å². The van der Waals surface area contributed by atoms with Crippen LogP contribution in [0.2, 0.25) is 0 Å². The number of carbonyl (C=O) groups excluding carboxylic acids is 1. The van der Waals surface area contributed by atoms with Crippen molar-refractivity contribution < 1.29 is 4.79 Å². The Kier molecular flexibility index (Phi) is 3.80. The van der Waals surface area contributed by atoms with E-state index in [9.17, 15) is 4.79 Å². The molecule has 0 fully saturated rings. The number of nitrogens with zero attached hydrogens (tertiary/aromatic N) is 3. The molecule has 1 unspecified atom stereocenters. The zero-order chi connectivity index (χ0) is 10.6. The highest BCUT2D eigenvalue weighted by molar-refractivity contribution is 5.75. The Morgan fingerprint density at radius 3 is 2.93 bits per heavy atom. The molecule has 0 aliphatic carbocycles. The maximum Gasteiger partial charge on any atom is 0.138 e. The summed E-state index contributed by atoms with van der Waals surface area (Å²) in [5.41, 5.74) is 0. The van der Waals surface area contributed by atoms with E-state index in [1.165, 1.54) is 0 Å². The molecule has 0 bridgehead atoms. The van der Waals surface area contributed by atoms with Crippen LogP contribution in [0.15, 0.2) is 6.33 Å². The molecule has 0 N–H and O–H groups in total. The molecule has 0 aliphatic heterocycles. The average Bonchev–Trinajstić information content (AvgIpc) is 2.50. The Labute approximate surface area is 84.3 Å². The van der Waals surface area contributed by atoms with E-state index in [0.717, 1.165) is 18.8 Å². The largest absolute Gasteiger partial charge is 0.300 e. The van der Waals surface area contributed by atoms with Crippen molar-refractivity contribution in [2.24, 2.45) is 5.92 Å². The van der Waals surface area contributed by atoms with E-state index in [4.69, 9.17) is 0 Å². The number of aromatic nitrogens is 3. The molecule has 1 rings (SSSR count). The Morgan fingerprint density at radius 1 is 1.64 bits per heavy atom. The smallest absolute Gasteiger partial charge is 0.138 e. The van der Waals surface area contributed by atoms with Crippen molar-refractivity contribution >= 4 is 5.78 Å². The van der Waals surface area contributed by atoms with Crippen molar-refractivity contribution in [1.82, 2.24) is 14.8 Å². The summed E-state index contributed by atoms with van der Waals surface area (Å²) in [6.07, 6.45) is 3.02. The number of rotatable bonds is 5. The van der Waals surface area contributed by atoms with E-state index in [1.807, 2.05) is 11.6 Å². The van der Waals surface area contributed by atoms with Gasteiger partial charge in [-0.05, 0) is 19.8 Å². The summed E-state index contributed by atoms with van der Waals surface area (Å²) in [5.74, 6) is 1.56. The van der Waals surface area contributed by atoms with E-state index in [-0.39, 0.29) is 5.78 Å². The summed E-state index contributed by atoms with van der Waals surface area (Å²) in [6, 6.07) is 0. The summed E-state index contributed by atoms with van der Waals surface area (Å²) in [6.45, 7) is 6.56. The fourth-order valence-corrected chi connectivity index (χ4v) is 1.58. The molecule has 78 valence electrons. The van der Waals surface area contributed by atoms with Crippen LogP contribution < -0.4 is 0 Å². The first-order chi connectivity index (χ1) is 6.63. The lowest BCUT2D eigenvalue weighted by atomic mass is 10.0. The van der Waals surface area contributed by atoms with Crippen LogP contribution in [0.1, 0.15) is 33.0 Å². The van der Waals surface area contributed by atoms with Crippen molar-refractivity contribution in [3.05, 3.63) is 12.2 Å². The van der Waals surface area contributed by atoms with Gasteiger partial charge in [-0.3, -0.25) is 4.68 Å². The highest BCUT2D eigenvalue weighted by Crippen LogP contribution is 2.09. The predicted molar refractivity (Wildman–Crippen MR) is 53.9 cm³/mol. The van der Waals surface area contributed by atoms with Crippen molar-refractivity contribution in [3.8, 4) is 0 Å². The molecule has 0 aliphatic rings. The molecular weight excluding hydrogens is 178 g/mol. The van der Waals surface area contributed by atoms with E-state index in [1.54, 1.807) is 13.3 Å². The van der Waals surface area contributed by atoms with E-state index in [0.29, 0.717) is 12.3 Å². The van der Waals surface area contributed by atoms with Gasteiger partial charge in [0.15, 0.2) is 0 Å². The Morgan fingerprint density at radius 2 is 2.36 bits per heavy atom. The zero-order valence-electron chi connectivity index (χ0n) is 9.03. The summed E-state index contributed by atoms with van der Waals surface area (Å²) in [4.78, 5) is 15.1. The summed E-state index contributed by atoms with van der Waals surface area (Å²) in [7, 11) is 0. The molecule has 1 aromatic rings. The van der Waals surface area contributed by atoms with Crippen LogP contribution in [0, 0.1) is 5.92 Å². The Balaban J connectivity index is 2.55. The third kappa shape index (κ3) is 2.94. The van der Waals surface area contributed by atoms with Crippen LogP contribution in [-0.4, -0.2) is 20.5 Å². The topological polar surface area (TPSA) is 47.8 Å². The van der Waals surface area contributed by atoms with Gasteiger partial charge in [-0.25, -0.2) is 4.98 Å². The summed E-state index contributed by atoms with van der Waals surface area (Å²) < 4.78 is 1.87. The van der Waals surface area contributed by atoms with Gasteiger partial charge in [0.2, 0.25) is 0 Å². The highest BCUT2D eigenvalue weighted by Gasteiger charge is 2.10. The molecule has 0 radical (unpaired) electrons. The molecule has 14 heavy (non-hydrogen) atoms. The fourth-order valence-electron chi connectivity index (χ4n) is 1.58. The van der Waals surface area contributed by atoms with E-state index in [2.05, 4.69) is 17.0 Å². The summed E-state index contributed by atoms with van der Waals surface area (Å²) in [5, 5.41) is 4.09. The predicted octanol–water partition coefficient (Wildman–Crippen LogP) is 1.46. The van der Waals surface area contributed by atoms with Gasteiger partial charge in [-0.2, -0.15) is 5.10 Å². The minimum atomic E-state index is 0.236. The third-order valence-corrected chi connectivity index (χ3v) is 2.16. The molecule has 4 nitrogen and oxygen atoms in total. The average molecular weight is 195 g/mol. The quantitative estimate of drug-likeness (QED) is 0.714. The molecule has 0 saturated heterocycles. The number of hydrogen-bond donors (Lipinski definition) is 0. The second kappa shape index (κ2) is 4.88. The molecule has 4 heteroatoms. The van der Waals surface area contributed by atoms with Gasteiger partial charge in [0.25, 0.3) is 0 Å². The molecule has 0 spiro atoms. The Hall–Kier alpha value is -1.19. The molecule has 1 heterocycles. The fraction of sp³-hybridized carbons (Fsp3) is 0.700. The van der Waals surface area contributed by atoms with Gasteiger partial charge >= 0.3 is 0 Å².